The first-order valence-corrected chi connectivity index (χ1v) is 16.5. The summed E-state index contributed by atoms with van der Waals surface area (Å²) in [5.74, 6) is -0.612. The third kappa shape index (κ3) is 9.02. The molecular weight excluding hydrogens is 654 g/mol. The first kappa shape index (κ1) is 35.1. The molecule has 5 rings (SSSR count). The maximum absolute atomic E-state index is 13.8. The molecule has 49 heavy (non-hydrogen) atoms. The number of nitrogens with one attached hydrogen (secondary N) is 3. The van der Waals surface area contributed by atoms with Gasteiger partial charge in [-0.15, -0.1) is 21.5 Å². The van der Waals surface area contributed by atoms with Crippen LogP contribution in [0.25, 0.3) is 17.8 Å². The van der Waals surface area contributed by atoms with Gasteiger partial charge in [-0.1, -0.05) is 20.8 Å². The molecular formula is C31H40N11O6S+. The van der Waals surface area contributed by atoms with E-state index < -0.39 is 12.1 Å². The SMILES string of the molecule is CC(C)(C)c1csc(NC(=O)c2ccn3c(=O)c(C=Cc4nn[nH]n4)c(N4CCC(OC(=O)NCC[N+](C)(C)CC(=O)O)CC4)nc3c2)n1. The molecule has 2 amide bonds. The molecule has 0 aromatic carbocycles. The van der Waals surface area contributed by atoms with E-state index >= 15 is 0 Å². The summed E-state index contributed by atoms with van der Waals surface area (Å²) in [6, 6.07) is 3.11. The number of fused-ring (bicyclic) bond motifs is 1. The molecule has 17 nitrogen and oxygen atoms in total. The fraction of sp³-hybridized carbons (Fsp3) is 0.452. The molecule has 0 aliphatic carbocycles. The monoisotopic (exact) mass is 694 g/mol. The lowest BCUT2D eigenvalue weighted by Crippen LogP contribution is -2.48. The first-order chi connectivity index (χ1) is 23.2. The van der Waals surface area contributed by atoms with Gasteiger partial charge < -0.3 is 24.5 Å². The third-order valence-electron chi connectivity index (χ3n) is 7.93. The fourth-order valence-corrected chi connectivity index (χ4v) is 6.13. The van der Waals surface area contributed by atoms with Crippen LogP contribution in [0.4, 0.5) is 15.7 Å². The van der Waals surface area contributed by atoms with Gasteiger partial charge >= 0.3 is 12.1 Å². The van der Waals surface area contributed by atoms with Crippen LogP contribution in [0.1, 0.15) is 61.1 Å². The minimum absolute atomic E-state index is 0.0621. The molecule has 1 fully saturated rings. The molecule has 1 saturated heterocycles. The van der Waals surface area contributed by atoms with Crippen molar-refractivity contribution in [1.82, 2.24) is 40.3 Å². The Morgan fingerprint density at radius 3 is 2.59 bits per heavy atom. The van der Waals surface area contributed by atoms with Crippen LogP contribution in [0, 0.1) is 0 Å². The van der Waals surface area contributed by atoms with Crippen LogP contribution in [0.15, 0.2) is 28.5 Å². The molecule has 0 bridgehead atoms. The highest BCUT2D eigenvalue weighted by Gasteiger charge is 2.27. The van der Waals surface area contributed by atoms with Gasteiger partial charge in [-0.05, 0) is 29.5 Å². The van der Waals surface area contributed by atoms with Crippen molar-refractivity contribution in [1.29, 1.82) is 0 Å². The zero-order chi connectivity index (χ0) is 35.3. The van der Waals surface area contributed by atoms with E-state index in [2.05, 4.69) is 36.2 Å². The van der Waals surface area contributed by atoms with Crippen molar-refractivity contribution in [2.45, 2.75) is 45.1 Å². The van der Waals surface area contributed by atoms with Crippen LogP contribution >= 0.6 is 11.3 Å². The zero-order valence-corrected chi connectivity index (χ0v) is 28.8. The summed E-state index contributed by atoms with van der Waals surface area (Å²) in [5.41, 5.74) is 1.23. The number of quaternary nitrogens is 1. The van der Waals surface area contributed by atoms with Gasteiger partial charge in [-0.3, -0.25) is 19.3 Å². The number of pyridine rings is 1. The number of alkyl carbamates (subject to hydrolysis) is 1. The van der Waals surface area contributed by atoms with Crippen molar-refractivity contribution < 1.29 is 28.7 Å². The summed E-state index contributed by atoms with van der Waals surface area (Å²) in [7, 11) is 3.55. The van der Waals surface area contributed by atoms with Crippen molar-refractivity contribution in [2.24, 2.45) is 0 Å². The summed E-state index contributed by atoms with van der Waals surface area (Å²) in [6.45, 7) is 7.64. The second-order valence-corrected chi connectivity index (χ2v) is 14.2. The number of carbonyl (C=O) groups excluding carboxylic acids is 2. The van der Waals surface area contributed by atoms with Crippen molar-refractivity contribution in [2.75, 3.05) is 57.0 Å². The molecule has 0 unspecified atom stereocenters. The molecule has 0 spiro atoms. The van der Waals surface area contributed by atoms with Crippen LogP contribution in [0.3, 0.4) is 0 Å². The summed E-state index contributed by atoms with van der Waals surface area (Å²) >= 11 is 1.34. The Labute approximate surface area is 285 Å². The molecule has 5 heterocycles. The van der Waals surface area contributed by atoms with E-state index in [1.165, 1.54) is 21.9 Å². The van der Waals surface area contributed by atoms with Gasteiger partial charge in [0.25, 0.3) is 11.5 Å². The molecule has 4 aromatic heterocycles. The van der Waals surface area contributed by atoms with Crippen LogP contribution < -0.4 is 21.1 Å². The maximum atomic E-state index is 13.8. The molecule has 4 N–H and O–H groups in total. The van der Waals surface area contributed by atoms with E-state index in [1.54, 1.807) is 38.4 Å². The number of amides is 2. The minimum Gasteiger partial charge on any atom is -0.477 e. The van der Waals surface area contributed by atoms with Gasteiger partial charge in [0.1, 0.15) is 17.6 Å². The number of hydrogen-bond donors (Lipinski definition) is 4. The molecule has 18 heteroatoms. The first-order valence-electron chi connectivity index (χ1n) is 15.7. The number of hydrogen-bond acceptors (Lipinski definition) is 12. The standard InChI is InChI=1S/C31H39N11O6S/c1-31(2,3)22-18-49-29(33-22)35-27(45)19-8-14-41-24(16-19)34-26(21(28(41)46)6-7-23-36-38-39-37-23)40-12-9-20(10-13-40)48-30(47)32-11-15-42(4,5)17-25(43)44/h6-8,14,16,18,20H,9-13,15,17H2,1-5H3,(H3-,32,33,35,36,37,38,39,43,44,45,47)/p+1. The van der Waals surface area contributed by atoms with Crippen LogP contribution in [-0.4, -0.2) is 115 Å². The van der Waals surface area contributed by atoms with Gasteiger partial charge in [0, 0.05) is 48.5 Å². The highest BCUT2D eigenvalue weighted by molar-refractivity contribution is 7.14. The molecule has 0 radical (unpaired) electrons. The summed E-state index contributed by atoms with van der Waals surface area (Å²) in [4.78, 5) is 61.8. The average Bonchev–Trinajstić information content (AvgIpc) is 3.73. The Morgan fingerprint density at radius 1 is 1.18 bits per heavy atom. The summed E-state index contributed by atoms with van der Waals surface area (Å²) in [6.07, 6.45) is 4.67. The highest BCUT2D eigenvalue weighted by Crippen LogP contribution is 2.27. The number of nitrogens with zero attached hydrogens (tertiary/aromatic N) is 8. The Kier molecular flexibility index (Phi) is 10.4. The lowest BCUT2D eigenvalue weighted by molar-refractivity contribution is -0.881. The Balaban J connectivity index is 1.32. The smallest absolute Gasteiger partial charge is 0.407 e. The van der Waals surface area contributed by atoms with Gasteiger partial charge in [0.2, 0.25) is 0 Å². The van der Waals surface area contributed by atoms with E-state index in [-0.39, 0.29) is 57.6 Å². The molecule has 1 aliphatic rings. The van der Waals surface area contributed by atoms with Crippen molar-refractivity contribution >= 4 is 58.1 Å². The van der Waals surface area contributed by atoms with Gasteiger partial charge in [-0.25, -0.2) is 19.6 Å². The number of H-pyrrole nitrogens is 1. The fourth-order valence-electron chi connectivity index (χ4n) is 5.20. The Hall–Kier alpha value is -5.23. The topological polar surface area (TPSA) is 210 Å². The number of likely N-dealkylation sites (N-methyl/N-ethyl adjacent to an activating group) is 1. The lowest BCUT2D eigenvalue weighted by Gasteiger charge is -2.33. The number of aromatic amines is 1. The number of carboxylic acid groups (broad SMARTS) is 1. The van der Waals surface area contributed by atoms with Crippen LogP contribution in [-0.2, 0) is 14.9 Å². The van der Waals surface area contributed by atoms with E-state index in [4.69, 9.17) is 14.8 Å². The predicted octanol–water partition coefficient (Wildman–Crippen LogP) is 2.24. The summed E-state index contributed by atoms with van der Waals surface area (Å²) in [5, 5.41) is 30.8. The number of carbonyl (C=O) groups is 3. The Bertz CT molecular complexity index is 1900. The highest BCUT2D eigenvalue weighted by atomic mass is 32.1. The zero-order valence-electron chi connectivity index (χ0n) is 28.0. The summed E-state index contributed by atoms with van der Waals surface area (Å²) < 4.78 is 7.21. The number of rotatable bonds is 11. The van der Waals surface area contributed by atoms with E-state index in [0.717, 1.165) is 5.69 Å². The number of thiazole rings is 1. The molecule has 0 saturated carbocycles. The number of tetrazole rings is 1. The molecule has 260 valence electrons. The van der Waals surface area contributed by atoms with E-state index in [0.29, 0.717) is 49.0 Å². The average molecular weight is 695 g/mol. The number of aliphatic carboxylic acids is 1. The van der Waals surface area contributed by atoms with Crippen molar-refractivity contribution in [3.8, 4) is 0 Å². The lowest BCUT2D eigenvalue weighted by atomic mass is 9.93. The number of aromatic nitrogens is 7. The predicted molar refractivity (Wildman–Crippen MR) is 183 cm³/mol. The molecule has 0 atom stereocenters. The molecule has 1 aliphatic heterocycles. The van der Waals surface area contributed by atoms with E-state index in [1.807, 2.05) is 31.1 Å². The third-order valence-corrected chi connectivity index (χ3v) is 8.68. The Morgan fingerprint density at radius 2 is 1.94 bits per heavy atom. The normalized spacial score (nSPS) is 14.3. The molecule has 4 aromatic rings. The van der Waals surface area contributed by atoms with Crippen molar-refractivity contribution in [3.63, 3.8) is 0 Å². The second kappa shape index (κ2) is 14.5. The van der Waals surface area contributed by atoms with Gasteiger partial charge in [-0.2, -0.15) is 5.21 Å². The largest absolute Gasteiger partial charge is 0.477 e. The number of anilines is 2. The number of carboxylic acids is 1. The van der Waals surface area contributed by atoms with Gasteiger partial charge in [0.15, 0.2) is 17.5 Å². The van der Waals surface area contributed by atoms with E-state index in [9.17, 15) is 19.2 Å². The number of piperidine rings is 1. The maximum Gasteiger partial charge on any atom is 0.407 e. The van der Waals surface area contributed by atoms with Crippen LogP contribution in [0.5, 0.6) is 0 Å². The second-order valence-electron chi connectivity index (χ2n) is 13.4. The quantitative estimate of drug-likeness (QED) is 0.167. The van der Waals surface area contributed by atoms with Gasteiger partial charge in [0.05, 0.1) is 38.4 Å². The minimum atomic E-state index is -0.913. The number of ether oxygens (including phenoxy) is 1. The van der Waals surface area contributed by atoms with Crippen molar-refractivity contribution in [3.05, 3.63) is 56.7 Å². The van der Waals surface area contributed by atoms with Crippen LogP contribution in [0.2, 0.25) is 0 Å².